The standard InChI is InChI=1S/C11H13BrClF3N2/c1-10(2,3)8-7(12)9(13)18-6(17-8)4-5-11(14,15)16/h4-5H2,1-3H3. The van der Waals surface area contributed by atoms with Crippen LogP contribution >= 0.6 is 27.5 Å². The molecule has 2 nitrogen and oxygen atoms in total. The lowest BCUT2D eigenvalue weighted by Gasteiger charge is -2.20. The monoisotopic (exact) mass is 344 g/mol. The minimum absolute atomic E-state index is 0.116. The molecular weight excluding hydrogens is 332 g/mol. The number of alkyl halides is 3. The van der Waals surface area contributed by atoms with Crippen LogP contribution in [-0.2, 0) is 11.8 Å². The molecule has 0 radical (unpaired) electrons. The van der Waals surface area contributed by atoms with Gasteiger partial charge in [-0.1, -0.05) is 32.4 Å². The van der Waals surface area contributed by atoms with Crippen LogP contribution in [0.25, 0.3) is 0 Å². The topological polar surface area (TPSA) is 25.8 Å². The first-order valence-electron chi connectivity index (χ1n) is 5.30. The van der Waals surface area contributed by atoms with Gasteiger partial charge in [0.05, 0.1) is 16.6 Å². The Morgan fingerprint density at radius 1 is 1.17 bits per heavy atom. The molecule has 1 aromatic heterocycles. The summed E-state index contributed by atoms with van der Waals surface area (Å²) in [5.41, 5.74) is 0.290. The molecule has 0 unspecified atom stereocenters. The van der Waals surface area contributed by atoms with Crippen molar-refractivity contribution in [2.75, 3.05) is 0 Å². The molecule has 7 heteroatoms. The SMILES string of the molecule is CC(C)(C)c1nc(CCC(F)(F)F)nc(Cl)c1Br. The van der Waals surface area contributed by atoms with E-state index in [1.807, 2.05) is 20.8 Å². The van der Waals surface area contributed by atoms with Crippen molar-refractivity contribution in [3.05, 3.63) is 21.1 Å². The van der Waals surface area contributed by atoms with Gasteiger partial charge in [0.1, 0.15) is 11.0 Å². The van der Waals surface area contributed by atoms with Crippen LogP contribution in [0.2, 0.25) is 5.15 Å². The average Bonchev–Trinajstić information content (AvgIpc) is 2.16. The molecule has 18 heavy (non-hydrogen) atoms. The molecule has 1 rings (SSSR count). The van der Waals surface area contributed by atoms with Crippen LogP contribution in [-0.4, -0.2) is 16.1 Å². The fourth-order valence-corrected chi connectivity index (χ4v) is 2.28. The second kappa shape index (κ2) is 5.33. The van der Waals surface area contributed by atoms with Gasteiger partial charge in [0.2, 0.25) is 0 Å². The van der Waals surface area contributed by atoms with E-state index in [0.29, 0.717) is 10.2 Å². The fraction of sp³-hybridized carbons (Fsp3) is 0.636. The van der Waals surface area contributed by atoms with Crippen LogP contribution in [0.3, 0.4) is 0 Å². The Hall–Kier alpha value is -0.360. The highest BCUT2D eigenvalue weighted by Gasteiger charge is 2.28. The predicted octanol–water partition coefficient (Wildman–Crippen LogP) is 4.68. The zero-order valence-electron chi connectivity index (χ0n) is 10.2. The lowest BCUT2D eigenvalue weighted by molar-refractivity contribution is -0.134. The van der Waals surface area contributed by atoms with Gasteiger partial charge in [-0.3, -0.25) is 0 Å². The number of nitrogens with zero attached hydrogens (tertiary/aromatic N) is 2. The molecule has 0 aliphatic rings. The van der Waals surface area contributed by atoms with E-state index in [0.717, 1.165) is 0 Å². The van der Waals surface area contributed by atoms with Crippen molar-refractivity contribution in [1.82, 2.24) is 9.97 Å². The predicted molar refractivity (Wildman–Crippen MR) is 67.8 cm³/mol. The molecule has 0 spiro atoms. The maximum Gasteiger partial charge on any atom is 0.389 e. The van der Waals surface area contributed by atoms with Gasteiger partial charge in [-0.05, 0) is 15.9 Å². The lowest BCUT2D eigenvalue weighted by Crippen LogP contribution is -2.18. The molecule has 1 aromatic rings. The molecule has 0 aliphatic heterocycles. The summed E-state index contributed by atoms with van der Waals surface area (Å²) in [6.45, 7) is 5.72. The third-order valence-electron chi connectivity index (χ3n) is 2.20. The maximum atomic E-state index is 12.2. The van der Waals surface area contributed by atoms with E-state index in [1.165, 1.54) is 0 Å². The normalized spacial score (nSPS) is 12.9. The second-order valence-electron chi connectivity index (χ2n) is 4.96. The van der Waals surface area contributed by atoms with Crippen LogP contribution < -0.4 is 0 Å². The summed E-state index contributed by atoms with van der Waals surface area (Å²) < 4.78 is 37.0. The highest BCUT2D eigenvalue weighted by Crippen LogP contribution is 2.32. The smallest absolute Gasteiger partial charge is 0.236 e. The van der Waals surface area contributed by atoms with Crippen molar-refractivity contribution in [1.29, 1.82) is 0 Å². The number of aromatic nitrogens is 2. The van der Waals surface area contributed by atoms with Crippen LogP contribution in [0.5, 0.6) is 0 Å². The molecule has 102 valence electrons. The Bertz CT molecular complexity index is 441. The first-order chi connectivity index (χ1) is 8.00. The molecule has 0 aromatic carbocycles. The van der Waals surface area contributed by atoms with E-state index in [2.05, 4.69) is 25.9 Å². The Kier molecular flexibility index (Phi) is 4.65. The van der Waals surface area contributed by atoms with Crippen LogP contribution in [0.4, 0.5) is 13.2 Å². The van der Waals surface area contributed by atoms with E-state index < -0.39 is 12.6 Å². The number of halogens is 5. The summed E-state index contributed by atoms with van der Waals surface area (Å²) in [5, 5.41) is 0.145. The van der Waals surface area contributed by atoms with E-state index in [-0.39, 0.29) is 22.8 Å². The summed E-state index contributed by atoms with van der Waals surface area (Å²) in [6, 6.07) is 0. The van der Waals surface area contributed by atoms with Crippen LogP contribution in [0, 0.1) is 0 Å². The Labute approximate surface area is 117 Å². The van der Waals surface area contributed by atoms with E-state index in [4.69, 9.17) is 11.6 Å². The van der Waals surface area contributed by atoms with Crippen LogP contribution in [0.15, 0.2) is 4.47 Å². The number of hydrogen-bond acceptors (Lipinski definition) is 2. The molecule has 0 fully saturated rings. The quantitative estimate of drug-likeness (QED) is 0.727. The summed E-state index contributed by atoms with van der Waals surface area (Å²) >= 11 is 9.16. The highest BCUT2D eigenvalue weighted by atomic mass is 79.9. The number of hydrogen-bond donors (Lipinski definition) is 0. The van der Waals surface area contributed by atoms with Crippen molar-refractivity contribution >= 4 is 27.5 Å². The zero-order valence-corrected chi connectivity index (χ0v) is 12.5. The third-order valence-corrected chi connectivity index (χ3v) is 3.45. The van der Waals surface area contributed by atoms with Crippen molar-refractivity contribution in [3.63, 3.8) is 0 Å². The van der Waals surface area contributed by atoms with Crippen molar-refractivity contribution in [2.45, 2.75) is 45.2 Å². The molecule has 0 atom stereocenters. The summed E-state index contributed by atoms with van der Waals surface area (Å²) in [5.74, 6) is 0.116. The van der Waals surface area contributed by atoms with Gasteiger partial charge >= 0.3 is 6.18 Å². The number of aryl methyl sites for hydroxylation is 1. The van der Waals surface area contributed by atoms with Gasteiger partial charge in [-0.2, -0.15) is 13.2 Å². The van der Waals surface area contributed by atoms with Gasteiger partial charge in [-0.25, -0.2) is 9.97 Å². The number of rotatable bonds is 2. The average molecular weight is 346 g/mol. The largest absolute Gasteiger partial charge is 0.389 e. The molecule has 0 aliphatic carbocycles. The molecule has 0 bridgehead atoms. The first-order valence-corrected chi connectivity index (χ1v) is 6.47. The Morgan fingerprint density at radius 3 is 2.17 bits per heavy atom. The van der Waals surface area contributed by atoms with Crippen molar-refractivity contribution < 1.29 is 13.2 Å². The third kappa shape index (κ3) is 4.39. The summed E-state index contributed by atoms with van der Waals surface area (Å²) in [4.78, 5) is 8.02. The van der Waals surface area contributed by atoms with Gasteiger partial charge in [0.15, 0.2) is 0 Å². The summed E-state index contributed by atoms with van der Waals surface area (Å²) in [6.07, 6.45) is -5.43. The van der Waals surface area contributed by atoms with Gasteiger partial charge < -0.3 is 0 Å². The van der Waals surface area contributed by atoms with Gasteiger partial charge in [0, 0.05) is 11.8 Å². The van der Waals surface area contributed by atoms with E-state index >= 15 is 0 Å². The zero-order chi connectivity index (χ0) is 14.1. The molecule has 0 amide bonds. The van der Waals surface area contributed by atoms with Crippen molar-refractivity contribution in [2.24, 2.45) is 0 Å². The van der Waals surface area contributed by atoms with Crippen LogP contribution in [0.1, 0.15) is 38.7 Å². The first kappa shape index (κ1) is 15.7. The Morgan fingerprint density at radius 2 is 1.72 bits per heavy atom. The molecule has 0 N–H and O–H groups in total. The minimum atomic E-state index is -4.22. The minimum Gasteiger partial charge on any atom is -0.236 e. The van der Waals surface area contributed by atoms with E-state index in [1.54, 1.807) is 0 Å². The molecule has 1 heterocycles. The molecule has 0 saturated carbocycles. The van der Waals surface area contributed by atoms with Gasteiger partial charge in [0.25, 0.3) is 0 Å². The summed E-state index contributed by atoms with van der Waals surface area (Å²) in [7, 11) is 0. The van der Waals surface area contributed by atoms with Gasteiger partial charge in [-0.15, -0.1) is 0 Å². The maximum absolute atomic E-state index is 12.2. The fourth-order valence-electron chi connectivity index (χ4n) is 1.33. The second-order valence-corrected chi connectivity index (χ2v) is 6.11. The van der Waals surface area contributed by atoms with E-state index in [9.17, 15) is 13.2 Å². The highest BCUT2D eigenvalue weighted by molar-refractivity contribution is 9.10. The molecule has 0 saturated heterocycles. The van der Waals surface area contributed by atoms with Crippen molar-refractivity contribution in [3.8, 4) is 0 Å². The molecular formula is C11H13BrClF3N2. The lowest BCUT2D eigenvalue weighted by atomic mass is 9.92. The Balaban J connectivity index is 3.06.